The second-order valence-electron chi connectivity index (χ2n) is 6.79. The zero-order chi connectivity index (χ0) is 14.5. The number of ketones is 1. The minimum atomic E-state index is 0.295. The fraction of sp³-hybridized carbons (Fsp3) is 0.632. The Balaban J connectivity index is 1.40. The van der Waals surface area contributed by atoms with Crippen molar-refractivity contribution < 1.29 is 4.79 Å². The molecule has 0 spiro atoms. The van der Waals surface area contributed by atoms with Gasteiger partial charge in [0.15, 0.2) is 5.78 Å². The van der Waals surface area contributed by atoms with Gasteiger partial charge in [-0.3, -0.25) is 4.79 Å². The third-order valence-electron chi connectivity index (χ3n) is 5.35. The van der Waals surface area contributed by atoms with Crippen LogP contribution in [0.4, 0.5) is 0 Å². The second kappa shape index (κ2) is 7.22. The Bertz CT molecular complexity index is 456. The fourth-order valence-electron chi connectivity index (χ4n) is 4.11. The van der Waals surface area contributed by atoms with Crippen LogP contribution in [0, 0.1) is 11.8 Å². The van der Waals surface area contributed by atoms with E-state index in [4.69, 9.17) is 0 Å². The van der Waals surface area contributed by atoms with E-state index in [1.807, 2.05) is 30.3 Å². The lowest BCUT2D eigenvalue weighted by Crippen LogP contribution is -2.42. The first-order valence-corrected chi connectivity index (χ1v) is 8.63. The Kier molecular flexibility index (Phi) is 5.08. The first kappa shape index (κ1) is 14.8. The van der Waals surface area contributed by atoms with Gasteiger partial charge in [0.25, 0.3) is 0 Å². The van der Waals surface area contributed by atoms with Crippen molar-refractivity contribution in [2.75, 3.05) is 19.6 Å². The van der Waals surface area contributed by atoms with Crippen LogP contribution in [0.3, 0.4) is 0 Å². The van der Waals surface area contributed by atoms with E-state index in [-0.39, 0.29) is 0 Å². The zero-order valence-electron chi connectivity index (χ0n) is 13.0. The van der Waals surface area contributed by atoms with Crippen LogP contribution >= 0.6 is 0 Å². The summed E-state index contributed by atoms with van der Waals surface area (Å²) < 4.78 is 0. The Hall–Kier alpha value is -1.15. The van der Waals surface area contributed by atoms with Gasteiger partial charge in [0.2, 0.25) is 0 Å². The highest BCUT2D eigenvalue weighted by Crippen LogP contribution is 2.36. The largest absolute Gasteiger partial charge is 0.303 e. The summed E-state index contributed by atoms with van der Waals surface area (Å²) in [6.07, 6.45) is 8.86. The highest BCUT2D eigenvalue weighted by atomic mass is 16.1. The van der Waals surface area contributed by atoms with Gasteiger partial charge in [-0.15, -0.1) is 0 Å². The van der Waals surface area contributed by atoms with Crippen LogP contribution < -0.4 is 0 Å². The molecule has 1 heterocycles. The monoisotopic (exact) mass is 285 g/mol. The maximum absolute atomic E-state index is 12.1. The van der Waals surface area contributed by atoms with Crippen molar-refractivity contribution in [2.24, 2.45) is 11.8 Å². The van der Waals surface area contributed by atoms with Crippen molar-refractivity contribution >= 4 is 5.78 Å². The number of Topliss-reactive ketones (excluding diaryl/α,β-unsaturated/α-hetero) is 1. The molecular weight excluding hydrogens is 258 g/mol. The molecule has 1 aromatic carbocycles. The molecule has 0 radical (unpaired) electrons. The summed E-state index contributed by atoms with van der Waals surface area (Å²) in [5.41, 5.74) is 0.864. The average molecular weight is 285 g/mol. The molecular formula is C19H27NO. The molecule has 3 rings (SSSR count). The summed E-state index contributed by atoms with van der Waals surface area (Å²) >= 11 is 0. The van der Waals surface area contributed by atoms with E-state index in [0.717, 1.165) is 30.4 Å². The molecule has 2 nitrogen and oxygen atoms in total. The maximum Gasteiger partial charge on any atom is 0.162 e. The molecule has 1 aromatic rings. The zero-order valence-corrected chi connectivity index (χ0v) is 13.0. The molecule has 2 heteroatoms. The minimum Gasteiger partial charge on any atom is -0.303 e. The Morgan fingerprint density at radius 3 is 2.62 bits per heavy atom. The number of hydrogen-bond acceptors (Lipinski definition) is 2. The third kappa shape index (κ3) is 3.94. The number of piperidine rings is 1. The van der Waals surface area contributed by atoms with Gasteiger partial charge in [-0.25, -0.2) is 0 Å². The molecule has 2 atom stereocenters. The average Bonchev–Trinajstić information content (AvgIpc) is 2.55. The lowest BCUT2D eigenvalue weighted by atomic mass is 9.75. The van der Waals surface area contributed by atoms with Crippen LogP contribution in [0.2, 0.25) is 0 Å². The lowest BCUT2D eigenvalue weighted by molar-refractivity contribution is 0.0829. The normalized spacial score (nSPS) is 26.3. The van der Waals surface area contributed by atoms with Crippen LogP contribution in [-0.2, 0) is 0 Å². The van der Waals surface area contributed by atoms with Crippen LogP contribution in [0.1, 0.15) is 55.3 Å². The Labute approximate surface area is 128 Å². The van der Waals surface area contributed by atoms with E-state index in [1.165, 1.54) is 45.2 Å². The number of benzene rings is 1. The molecule has 114 valence electrons. The van der Waals surface area contributed by atoms with E-state index in [1.54, 1.807) is 0 Å². The van der Waals surface area contributed by atoms with Gasteiger partial charge in [-0.05, 0) is 44.2 Å². The predicted octanol–water partition coefficient (Wildman–Crippen LogP) is 4.16. The molecule has 0 bridgehead atoms. The van der Waals surface area contributed by atoms with E-state index < -0.39 is 0 Å². The summed E-state index contributed by atoms with van der Waals surface area (Å²) in [4.78, 5) is 14.7. The molecule has 1 saturated carbocycles. The molecule has 2 fully saturated rings. The molecule has 2 aliphatic rings. The van der Waals surface area contributed by atoms with Gasteiger partial charge in [0, 0.05) is 18.5 Å². The smallest absolute Gasteiger partial charge is 0.162 e. The summed E-state index contributed by atoms with van der Waals surface area (Å²) in [6, 6.07) is 9.71. The first-order valence-electron chi connectivity index (χ1n) is 8.63. The van der Waals surface area contributed by atoms with Crippen molar-refractivity contribution in [3.05, 3.63) is 35.9 Å². The Morgan fingerprint density at radius 2 is 1.81 bits per heavy atom. The van der Waals surface area contributed by atoms with Crippen molar-refractivity contribution in [3.63, 3.8) is 0 Å². The summed E-state index contributed by atoms with van der Waals surface area (Å²) in [6.45, 7) is 3.63. The number of fused-ring (bicyclic) bond motifs is 1. The van der Waals surface area contributed by atoms with Crippen molar-refractivity contribution in [2.45, 2.75) is 44.9 Å². The molecule has 1 saturated heterocycles. The highest BCUT2D eigenvalue weighted by Gasteiger charge is 2.30. The van der Waals surface area contributed by atoms with Crippen molar-refractivity contribution in [1.82, 2.24) is 4.90 Å². The number of carbonyl (C=O) groups is 1. The van der Waals surface area contributed by atoms with Crippen molar-refractivity contribution in [1.29, 1.82) is 0 Å². The molecule has 0 aromatic heterocycles. The highest BCUT2D eigenvalue weighted by molar-refractivity contribution is 5.95. The summed E-state index contributed by atoms with van der Waals surface area (Å²) in [5, 5.41) is 0. The SMILES string of the molecule is O=C(CCCN1CCC2CCCCC2C1)c1ccccc1. The predicted molar refractivity (Wildman–Crippen MR) is 86.5 cm³/mol. The lowest BCUT2D eigenvalue weighted by Gasteiger charge is -2.41. The van der Waals surface area contributed by atoms with Crippen LogP contribution in [-0.4, -0.2) is 30.3 Å². The summed E-state index contributed by atoms with van der Waals surface area (Å²) in [5.74, 6) is 2.24. The summed E-state index contributed by atoms with van der Waals surface area (Å²) in [7, 11) is 0. The van der Waals surface area contributed by atoms with E-state index in [2.05, 4.69) is 4.90 Å². The molecule has 1 aliphatic heterocycles. The third-order valence-corrected chi connectivity index (χ3v) is 5.35. The second-order valence-corrected chi connectivity index (χ2v) is 6.79. The van der Waals surface area contributed by atoms with Gasteiger partial charge in [0.1, 0.15) is 0 Å². The van der Waals surface area contributed by atoms with Gasteiger partial charge in [0.05, 0.1) is 0 Å². The van der Waals surface area contributed by atoms with Crippen molar-refractivity contribution in [3.8, 4) is 0 Å². The van der Waals surface area contributed by atoms with E-state index >= 15 is 0 Å². The number of likely N-dealkylation sites (tertiary alicyclic amines) is 1. The molecule has 0 amide bonds. The molecule has 1 aliphatic carbocycles. The quantitative estimate of drug-likeness (QED) is 0.757. The van der Waals surface area contributed by atoms with Crippen LogP contribution in [0.25, 0.3) is 0 Å². The number of nitrogens with zero attached hydrogens (tertiary/aromatic N) is 1. The van der Waals surface area contributed by atoms with Gasteiger partial charge >= 0.3 is 0 Å². The fourth-order valence-corrected chi connectivity index (χ4v) is 4.11. The van der Waals surface area contributed by atoms with E-state index in [9.17, 15) is 4.79 Å². The maximum atomic E-state index is 12.1. The minimum absolute atomic E-state index is 0.295. The number of hydrogen-bond donors (Lipinski definition) is 0. The van der Waals surface area contributed by atoms with E-state index in [0.29, 0.717) is 12.2 Å². The Morgan fingerprint density at radius 1 is 1.05 bits per heavy atom. The van der Waals surface area contributed by atoms with Gasteiger partial charge in [-0.2, -0.15) is 0 Å². The molecule has 2 unspecified atom stereocenters. The van der Waals surface area contributed by atoms with Crippen LogP contribution in [0.5, 0.6) is 0 Å². The molecule has 0 N–H and O–H groups in total. The number of rotatable bonds is 5. The van der Waals surface area contributed by atoms with Crippen LogP contribution in [0.15, 0.2) is 30.3 Å². The standard InChI is InChI=1S/C19H27NO/c21-19(17-8-2-1-3-9-17)11-6-13-20-14-12-16-7-4-5-10-18(16)15-20/h1-3,8-9,16,18H,4-7,10-15H2. The molecule has 21 heavy (non-hydrogen) atoms. The number of carbonyl (C=O) groups excluding carboxylic acids is 1. The van der Waals surface area contributed by atoms with Gasteiger partial charge < -0.3 is 4.90 Å². The first-order chi connectivity index (χ1) is 10.3. The topological polar surface area (TPSA) is 20.3 Å². The van der Waals surface area contributed by atoms with Gasteiger partial charge in [-0.1, -0.05) is 49.6 Å².